The largest absolute Gasteiger partial charge is 0.354 e. The number of hydrogen-bond acceptors (Lipinski definition) is 4. The van der Waals surface area contributed by atoms with Crippen molar-refractivity contribution < 1.29 is 22.4 Å². The Morgan fingerprint density at radius 1 is 0.970 bits per heavy atom. The third-order valence-corrected chi connectivity index (χ3v) is 6.72. The van der Waals surface area contributed by atoms with Gasteiger partial charge in [0.2, 0.25) is 21.8 Å². The molecule has 0 fully saturated rings. The van der Waals surface area contributed by atoms with Crippen molar-refractivity contribution in [1.29, 1.82) is 0 Å². The van der Waals surface area contributed by atoms with E-state index in [1.54, 1.807) is 0 Å². The quantitative estimate of drug-likeness (QED) is 0.291. The highest BCUT2D eigenvalue weighted by molar-refractivity contribution is 7.89. The molecule has 0 spiro atoms. The lowest BCUT2D eigenvalue weighted by molar-refractivity contribution is -0.128. The van der Waals surface area contributed by atoms with Crippen LogP contribution in [0.2, 0.25) is 0 Å². The van der Waals surface area contributed by atoms with Crippen molar-refractivity contribution >= 4 is 21.8 Å². The van der Waals surface area contributed by atoms with Gasteiger partial charge < -0.3 is 10.6 Å². The van der Waals surface area contributed by atoms with Gasteiger partial charge in [0.25, 0.3) is 0 Å². The van der Waals surface area contributed by atoms with E-state index in [4.69, 9.17) is 0 Å². The van der Waals surface area contributed by atoms with Crippen LogP contribution in [-0.4, -0.2) is 39.4 Å². The molecule has 0 aliphatic carbocycles. The summed E-state index contributed by atoms with van der Waals surface area (Å²) in [6.45, 7) is 6.37. The van der Waals surface area contributed by atoms with Gasteiger partial charge in [-0.1, -0.05) is 59.3 Å². The minimum Gasteiger partial charge on any atom is -0.354 e. The molecule has 1 atom stereocenters. The summed E-state index contributed by atoms with van der Waals surface area (Å²) in [5.41, 5.74) is 0. The highest BCUT2D eigenvalue weighted by Crippen LogP contribution is 2.10. The molecule has 0 heterocycles. The van der Waals surface area contributed by atoms with E-state index >= 15 is 0 Å². The van der Waals surface area contributed by atoms with Crippen LogP contribution >= 0.6 is 0 Å². The van der Waals surface area contributed by atoms with Gasteiger partial charge in [0, 0.05) is 19.5 Å². The van der Waals surface area contributed by atoms with Crippen LogP contribution in [0, 0.1) is 11.7 Å². The van der Waals surface area contributed by atoms with Crippen molar-refractivity contribution in [2.45, 2.75) is 89.5 Å². The fourth-order valence-corrected chi connectivity index (χ4v) is 4.26. The lowest BCUT2D eigenvalue weighted by atomic mass is 10.1. The lowest BCUT2D eigenvalue weighted by Crippen LogP contribution is -2.52. The summed E-state index contributed by atoms with van der Waals surface area (Å²) in [5, 5.41) is 5.42. The molecule has 33 heavy (non-hydrogen) atoms. The summed E-state index contributed by atoms with van der Waals surface area (Å²) in [5.74, 6) is -0.874. The van der Waals surface area contributed by atoms with Gasteiger partial charge in [-0.2, -0.15) is 0 Å². The summed E-state index contributed by atoms with van der Waals surface area (Å²) < 4.78 is 40.5. The number of benzene rings is 1. The van der Waals surface area contributed by atoms with Crippen molar-refractivity contribution in [2.75, 3.05) is 13.1 Å². The number of amides is 2. The molecule has 7 nitrogen and oxygen atoms in total. The standard InChI is InChI=1S/C24H40FN3O4S/c1-4-5-6-7-8-9-10-11-23(29)28-22(24(30)26-17-16-19(2)3)18-27-33(31,32)21-14-12-20(25)13-15-21/h12-15,19,22,27H,4-11,16-18H2,1-3H3,(H,26,30)(H,28,29)/t22-/m0/s1. The van der Waals surface area contributed by atoms with Crippen LogP contribution in [0.5, 0.6) is 0 Å². The Kier molecular flexibility index (Phi) is 13.9. The van der Waals surface area contributed by atoms with Crippen molar-refractivity contribution in [1.82, 2.24) is 15.4 Å². The molecule has 0 aliphatic rings. The predicted octanol–water partition coefficient (Wildman–Crippen LogP) is 3.89. The van der Waals surface area contributed by atoms with Gasteiger partial charge in [-0.25, -0.2) is 17.5 Å². The Balaban J connectivity index is 2.64. The molecule has 3 N–H and O–H groups in total. The molecule has 1 rings (SSSR count). The topological polar surface area (TPSA) is 104 Å². The molecule has 0 bridgehead atoms. The summed E-state index contributed by atoms with van der Waals surface area (Å²) in [6.07, 6.45) is 8.57. The minimum absolute atomic E-state index is 0.114. The molecular formula is C24H40FN3O4S. The molecular weight excluding hydrogens is 445 g/mol. The van der Waals surface area contributed by atoms with Gasteiger partial charge in [0.15, 0.2) is 0 Å². The number of carbonyl (C=O) groups is 2. The zero-order valence-electron chi connectivity index (χ0n) is 20.2. The molecule has 2 amide bonds. The maximum absolute atomic E-state index is 13.1. The van der Waals surface area contributed by atoms with Crippen LogP contribution in [0.3, 0.4) is 0 Å². The Morgan fingerprint density at radius 2 is 1.58 bits per heavy atom. The van der Waals surface area contributed by atoms with Gasteiger partial charge in [-0.05, 0) is 43.0 Å². The number of sulfonamides is 1. The Hall–Kier alpha value is -2.00. The molecule has 0 radical (unpaired) electrons. The maximum Gasteiger partial charge on any atom is 0.243 e. The van der Waals surface area contributed by atoms with Crippen LogP contribution in [0.1, 0.15) is 78.6 Å². The highest BCUT2D eigenvalue weighted by atomic mass is 32.2. The average Bonchev–Trinajstić information content (AvgIpc) is 2.76. The number of hydrogen-bond donors (Lipinski definition) is 3. The fraction of sp³-hybridized carbons (Fsp3) is 0.667. The minimum atomic E-state index is -3.96. The molecule has 9 heteroatoms. The monoisotopic (exact) mass is 485 g/mol. The van der Waals surface area contributed by atoms with Crippen molar-refractivity contribution in [3.63, 3.8) is 0 Å². The van der Waals surface area contributed by atoms with Gasteiger partial charge in [0.05, 0.1) is 4.90 Å². The first kappa shape index (κ1) is 29.0. The van der Waals surface area contributed by atoms with E-state index in [9.17, 15) is 22.4 Å². The molecule has 0 saturated carbocycles. The summed E-state index contributed by atoms with van der Waals surface area (Å²) in [6, 6.07) is 3.36. The van der Waals surface area contributed by atoms with Crippen LogP contribution in [-0.2, 0) is 19.6 Å². The van der Waals surface area contributed by atoms with Gasteiger partial charge >= 0.3 is 0 Å². The zero-order valence-corrected chi connectivity index (χ0v) is 21.0. The summed E-state index contributed by atoms with van der Waals surface area (Å²) in [7, 11) is -3.96. The number of unbranched alkanes of at least 4 members (excludes halogenated alkanes) is 6. The van der Waals surface area contributed by atoms with Crippen LogP contribution < -0.4 is 15.4 Å². The first-order valence-corrected chi connectivity index (χ1v) is 13.5. The van der Waals surface area contributed by atoms with Crippen LogP contribution in [0.15, 0.2) is 29.2 Å². The fourth-order valence-electron chi connectivity index (χ4n) is 3.22. The van der Waals surface area contributed by atoms with Crippen molar-refractivity contribution in [2.24, 2.45) is 5.92 Å². The smallest absolute Gasteiger partial charge is 0.243 e. The Morgan fingerprint density at radius 3 is 2.18 bits per heavy atom. The van der Waals surface area contributed by atoms with E-state index in [0.29, 0.717) is 12.5 Å². The second-order valence-electron chi connectivity index (χ2n) is 8.77. The highest BCUT2D eigenvalue weighted by Gasteiger charge is 2.24. The molecule has 1 aromatic carbocycles. The first-order valence-electron chi connectivity index (χ1n) is 12.0. The van der Waals surface area contributed by atoms with Gasteiger partial charge in [0.1, 0.15) is 11.9 Å². The Labute approximate surface area is 198 Å². The zero-order chi connectivity index (χ0) is 24.7. The van der Waals surface area contributed by atoms with Crippen molar-refractivity contribution in [3.05, 3.63) is 30.1 Å². The summed E-state index contributed by atoms with van der Waals surface area (Å²) >= 11 is 0. The number of carbonyl (C=O) groups excluding carboxylic acids is 2. The van der Waals surface area contributed by atoms with E-state index in [1.807, 2.05) is 13.8 Å². The molecule has 0 aliphatic heterocycles. The normalized spacial score (nSPS) is 12.5. The van der Waals surface area contributed by atoms with E-state index < -0.39 is 27.8 Å². The predicted molar refractivity (Wildman–Crippen MR) is 129 cm³/mol. The number of halogens is 1. The molecule has 0 aromatic heterocycles. The molecule has 188 valence electrons. The first-order chi connectivity index (χ1) is 15.7. The van der Waals surface area contributed by atoms with E-state index in [-0.39, 0.29) is 23.8 Å². The van der Waals surface area contributed by atoms with Gasteiger partial charge in [-0.3, -0.25) is 9.59 Å². The van der Waals surface area contributed by atoms with E-state index in [1.165, 1.54) is 19.3 Å². The third-order valence-electron chi connectivity index (χ3n) is 5.28. The molecule has 1 aromatic rings. The summed E-state index contributed by atoms with van der Waals surface area (Å²) in [4.78, 5) is 24.9. The lowest BCUT2D eigenvalue weighted by Gasteiger charge is -2.19. The maximum atomic E-state index is 13.1. The van der Waals surface area contributed by atoms with Gasteiger partial charge in [-0.15, -0.1) is 0 Å². The third kappa shape index (κ3) is 12.7. The van der Waals surface area contributed by atoms with E-state index in [0.717, 1.165) is 56.4 Å². The molecule has 0 saturated heterocycles. The number of rotatable bonds is 17. The average molecular weight is 486 g/mol. The second kappa shape index (κ2) is 15.8. The number of nitrogens with one attached hydrogen (secondary N) is 3. The van der Waals surface area contributed by atoms with Crippen LogP contribution in [0.25, 0.3) is 0 Å². The molecule has 0 unspecified atom stereocenters. The Bertz CT molecular complexity index is 814. The van der Waals surface area contributed by atoms with Crippen molar-refractivity contribution in [3.8, 4) is 0 Å². The SMILES string of the molecule is CCCCCCCCCC(=O)N[C@@H](CNS(=O)(=O)c1ccc(F)cc1)C(=O)NCCC(C)C. The van der Waals surface area contributed by atoms with Crippen LogP contribution in [0.4, 0.5) is 4.39 Å². The second-order valence-corrected chi connectivity index (χ2v) is 10.5. The van der Waals surface area contributed by atoms with E-state index in [2.05, 4.69) is 22.3 Å².